The van der Waals surface area contributed by atoms with Crippen molar-refractivity contribution in [2.45, 2.75) is 50.2 Å². The van der Waals surface area contributed by atoms with Crippen LogP contribution in [0, 0.1) is 0 Å². The molecule has 2 aromatic heterocycles. The molecule has 6 nitrogen and oxygen atoms in total. The van der Waals surface area contributed by atoms with Gasteiger partial charge in [0, 0.05) is 29.8 Å². The van der Waals surface area contributed by atoms with E-state index in [0.717, 1.165) is 35.0 Å². The predicted molar refractivity (Wildman–Crippen MR) is 131 cm³/mol. The van der Waals surface area contributed by atoms with Crippen LogP contribution in [0.2, 0.25) is 0 Å². The van der Waals surface area contributed by atoms with Crippen molar-refractivity contribution in [1.82, 2.24) is 19.8 Å². The number of nitrogens with one attached hydrogen (secondary N) is 1. The van der Waals surface area contributed by atoms with Gasteiger partial charge >= 0.3 is 5.97 Å². The van der Waals surface area contributed by atoms with Crippen LogP contribution in [-0.2, 0) is 4.74 Å². The van der Waals surface area contributed by atoms with E-state index in [2.05, 4.69) is 38.0 Å². The first-order valence-electron chi connectivity index (χ1n) is 11.5. The Morgan fingerprint density at radius 1 is 1.09 bits per heavy atom. The molecule has 5 rings (SSSR count). The molecule has 1 saturated carbocycles. The maximum Gasteiger partial charge on any atom is 0.337 e. The van der Waals surface area contributed by atoms with Crippen molar-refractivity contribution in [1.29, 1.82) is 0 Å². The van der Waals surface area contributed by atoms with Crippen molar-refractivity contribution in [3.05, 3.63) is 83.9 Å². The highest BCUT2D eigenvalue weighted by atomic mass is 32.1. The van der Waals surface area contributed by atoms with Crippen LogP contribution in [0.25, 0.3) is 5.69 Å². The van der Waals surface area contributed by atoms with Crippen LogP contribution in [0.3, 0.4) is 0 Å². The molecule has 1 aliphatic carbocycles. The lowest BCUT2D eigenvalue weighted by molar-refractivity contribution is 0.0600. The second-order valence-electron chi connectivity index (χ2n) is 8.67. The topological polar surface area (TPSA) is 59.4 Å². The van der Waals surface area contributed by atoms with Crippen molar-refractivity contribution >= 4 is 23.3 Å². The van der Waals surface area contributed by atoms with Gasteiger partial charge in [-0.25, -0.2) is 4.79 Å². The lowest BCUT2D eigenvalue weighted by Gasteiger charge is -2.37. The van der Waals surface area contributed by atoms with Crippen LogP contribution in [-0.4, -0.2) is 38.7 Å². The Kier molecular flexibility index (Phi) is 6.13. The van der Waals surface area contributed by atoms with Gasteiger partial charge in [0.05, 0.1) is 30.5 Å². The van der Waals surface area contributed by atoms with Gasteiger partial charge in [-0.05, 0) is 67.5 Å². The minimum Gasteiger partial charge on any atom is -0.465 e. The zero-order chi connectivity index (χ0) is 22.8. The third kappa shape index (κ3) is 4.13. The van der Waals surface area contributed by atoms with Gasteiger partial charge in [-0.1, -0.05) is 31.4 Å². The molecular weight excluding hydrogens is 432 g/mol. The molecule has 1 N–H and O–H groups in total. The molecule has 3 heterocycles. The number of carbonyl (C=O) groups excluding carboxylic acids is 1. The summed E-state index contributed by atoms with van der Waals surface area (Å²) < 4.78 is 7.08. The summed E-state index contributed by atoms with van der Waals surface area (Å²) in [7, 11) is 1.40. The molecule has 0 bridgehead atoms. The normalized spacial score (nSPS) is 21.1. The molecule has 2 atom stereocenters. The lowest BCUT2D eigenvalue weighted by Crippen LogP contribution is -2.40. The van der Waals surface area contributed by atoms with Gasteiger partial charge in [-0.3, -0.25) is 4.98 Å². The van der Waals surface area contributed by atoms with Crippen molar-refractivity contribution in [2.24, 2.45) is 0 Å². The molecule has 7 heteroatoms. The molecule has 2 aliphatic rings. The van der Waals surface area contributed by atoms with Crippen LogP contribution in [0.4, 0.5) is 0 Å². The Balaban J connectivity index is 1.60. The standard InChI is InChI=1S/C26H28N4O2S/c1-32-25(31)18-9-7-12-20(17-18)29-16-8-14-22(29)24-23(21-13-5-6-15-27-21)28-26(33)30(24)19-10-3-2-4-11-19/h5-9,12-17,19,23-24H,2-4,10-11H2,1H3,(H,28,33). The summed E-state index contributed by atoms with van der Waals surface area (Å²) >= 11 is 5.90. The second-order valence-corrected chi connectivity index (χ2v) is 9.06. The van der Waals surface area contributed by atoms with Crippen LogP contribution < -0.4 is 5.32 Å². The number of hydrogen-bond donors (Lipinski definition) is 1. The first-order valence-corrected chi connectivity index (χ1v) is 11.9. The van der Waals surface area contributed by atoms with E-state index in [-0.39, 0.29) is 18.1 Å². The highest BCUT2D eigenvalue weighted by molar-refractivity contribution is 7.80. The van der Waals surface area contributed by atoms with E-state index in [4.69, 9.17) is 17.0 Å². The summed E-state index contributed by atoms with van der Waals surface area (Å²) in [4.78, 5) is 19.2. The summed E-state index contributed by atoms with van der Waals surface area (Å²) in [6.07, 6.45) is 9.91. The SMILES string of the molecule is COC(=O)c1cccc(-n2cccc2C2C(c3ccccn3)NC(=S)N2C2CCCCC2)c1. The van der Waals surface area contributed by atoms with Crippen LogP contribution >= 0.6 is 12.2 Å². The Labute approximate surface area is 199 Å². The third-order valence-corrected chi connectivity index (χ3v) is 7.06. The Morgan fingerprint density at radius 3 is 2.70 bits per heavy atom. The summed E-state index contributed by atoms with van der Waals surface area (Å²) in [5, 5.41) is 4.37. The first-order chi connectivity index (χ1) is 16.2. The van der Waals surface area contributed by atoms with Crippen molar-refractivity contribution < 1.29 is 9.53 Å². The largest absolute Gasteiger partial charge is 0.465 e. The number of nitrogens with zero attached hydrogens (tertiary/aromatic N) is 3. The molecule has 0 radical (unpaired) electrons. The third-order valence-electron chi connectivity index (χ3n) is 6.73. The lowest BCUT2D eigenvalue weighted by atomic mass is 9.92. The molecule has 0 spiro atoms. The van der Waals surface area contributed by atoms with E-state index in [1.807, 2.05) is 42.7 Å². The van der Waals surface area contributed by atoms with E-state index in [0.29, 0.717) is 11.6 Å². The zero-order valence-electron chi connectivity index (χ0n) is 18.7. The van der Waals surface area contributed by atoms with Gasteiger partial charge in [0.2, 0.25) is 0 Å². The first kappa shape index (κ1) is 21.6. The second kappa shape index (κ2) is 9.35. The van der Waals surface area contributed by atoms with E-state index in [1.165, 1.54) is 26.4 Å². The maximum absolute atomic E-state index is 12.1. The number of pyridine rings is 1. The van der Waals surface area contributed by atoms with Crippen molar-refractivity contribution in [2.75, 3.05) is 7.11 Å². The van der Waals surface area contributed by atoms with E-state index in [1.54, 1.807) is 6.07 Å². The van der Waals surface area contributed by atoms with Crippen molar-refractivity contribution in [3.8, 4) is 5.69 Å². The number of ether oxygens (including phenoxy) is 1. The number of rotatable bonds is 5. The molecule has 0 amide bonds. The number of carbonyl (C=O) groups is 1. The van der Waals surface area contributed by atoms with Crippen LogP contribution in [0.15, 0.2) is 67.0 Å². The quantitative estimate of drug-likeness (QED) is 0.429. The average molecular weight is 461 g/mol. The van der Waals surface area contributed by atoms with Gasteiger partial charge in [0.25, 0.3) is 0 Å². The van der Waals surface area contributed by atoms with Gasteiger partial charge in [-0.2, -0.15) is 0 Å². The number of methoxy groups -OCH3 is 1. The number of aromatic nitrogens is 2. The number of hydrogen-bond acceptors (Lipinski definition) is 4. The molecule has 3 aromatic rings. The smallest absolute Gasteiger partial charge is 0.337 e. The van der Waals surface area contributed by atoms with Gasteiger partial charge in [0.15, 0.2) is 5.11 Å². The molecule has 2 fully saturated rings. The van der Waals surface area contributed by atoms with Crippen LogP contribution in [0.5, 0.6) is 0 Å². The maximum atomic E-state index is 12.1. The van der Waals surface area contributed by atoms with E-state index >= 15 is 0 Å². The fraction of sp³-hybridized carbons (Fsp3) is 0.346. The molecular formula is C26H28N4O2S. The number of esters is 1. The minimum absolute atomic E-state index is 0.00715. The molecule has 2 unspecified atom stereocenters. The monoisotopic (exact) mass is 460 g/mol. The van der Waals surface area contributed by atoms with Gasteiger partial charge < -0.3 is 19.5 Å². The van der Waals surface area contributed by atoms with Gasteiger partial charge in [0.1, 0.15) is 0 Å². The summed E-state index contributed by atoms with van der Waals surface area (Å²) in [5.41, 5.74) is 3.53. The summed E-state index contributed by atoms with van der Waals surface area (Å²) in [6, 6.07) is 18.1. The molecule has 33 heavy (non-hydrogen) atoms. The Bertz CT molecular complexity index is 1140. The summed E-state index contributed by atoms with van der Waals surface area (Å²) in [5.74, 6) is -0.343. The van der Waals surface area contributed by atoms with Crippen molar-refractivity contribution in [3.63, 3.8) is 0 Å². The fourth-order valence-corrected chi connectivity index (χ4v) is 5.59. The average Bonchev–Trinajstić information content (AvgIpc) is 3.49. The molecule has 170 valence electrons. The zero-order valence-corrected chi connectivity index (χ0v) is 19.5. The summed E-state index contributed by atoms with van der Waals surface area (Å²) in [6.45, 7) is 0. The molecule has 1 saturated heterocycles. The molecule has 1 aliphatic heterocycles. The van der Waals surface area contributed by atoms with Gasteiger partial charge in [-0.15, -0.1) is 0 Å². The van der Waals surface area contributed by atoms with E-state index in [9.17, 15) is 4.79 Å². The Morgan fingerprint density at radius 2 is 1.94 bits per heavy atom. The number of thiocarbonyl (C=S) groups is 1. The predicted octanol–water partition coefficient (Wildman–Crippen LogP) is 4.96. The number of benzene rings is 1. The van der Waals surface area contributed by atoms with E-state index < -0.39 is 0 Å². The fourth-order valence-electron chi connectivity index (χ4n) is 5.21. The Hall–Kier alpha value is -3.19. The molecule has 1 aromatic carbocycles. The highest BCUT2D eigenvalue weighted by Gasteiger charge is 2.44. The van der Waals surface area contributed by atoms with Crippen LogP contribution in [0.1, 0.15) is 65.9 Å². The minimum atomic E-state index is -0.343. The highest BCUT2D eigenvalue weighted by Crippen LogP contribution is 2.43.